The second kappa shape index (κ2) is 7.97. The fourth-order valence-corrected chi connectivity index (χ4v) is 5.11. The van der Waals surface area contributed by atoms with Crippen LogP contribution >= 0.6 is 11.6 Å². The summed E-state index contributed by atoms with van der Waals surface area (Å²) in [4.78, 5) is 20.0. The molecule has 0 bridgehead atoms. The van der Waals surface area contributed by atoms with Crippen LogP contribution in [0, 0.1) is 0 Å². The first-order valence-corrected chi connectivity index (χ1v) is 11.1. The highest BCUT2D eigenvalue weighted by Gasteiger charge is 2.29. The number of aromatic amines is 1. The Labute approximate surface area is 178 Å². The van der Waals surface area contributed by atoms with Gasteiger partial charge in [0.15, 0.2) is 0 Å². The van der Waals surface area contributed by atoms with Crippen LogP contribution in [0.1, 0.15) is 16.2 Å². The highest BCUT2D eigenvalue weighted by atomic mass is 35.5. The molecular formula is C21H19ClN4O3S. The Kier molecular flexibility index (Phi) is 5.36. The van der Waals surface area contributed by atoms with E-state index in [-0.39, 0.29) is 15.5 Å². The highest BCUT2D eigenvalue weighted by molar-refractivity contribution is 7.91. The fourth-order valence-electron chi connectivity index (χ4n) is 3.31. The van der Waals surface area contributed by atoms with Gasteiger partial charge in [-0.3, -0.25) is 4.79 Å². The van der Waals surface area contributed by atoms with E-state index in [2.05, 4.69) is 15.3 Å². The third kappa shape index (κ3) is 3.71. The van der Waals surface area contributed by atoms with E-state index < -0.39 is 15.7 Å². The number of fused-ring (bicyclic) bond motifs is 1. The average molecular weight is 443 g/mol. The number of aromatic nitrogens is 3. The van der Waals surface area contributed by atoms with Crippen LogP contribution in [0.2, 0.25) is 5.02 Å². The van der Waals surface area contributed by atoms with Crippen LogP contribution < -0.4 is 5.32 Å². The Morgan fingerprint density at radius 1 is 1.20 bits per heavy atom. The molecule has 7 nitrogen and oxygen atoms in total. The molecule has 2 aromatic carbocycles. The number of aryl methyl sites for hydroxylation is 1. The van der Waals surface area contributed by atoms with Crippen LogP contribution in [0.3, 0.4) is 0 Å². The van der Waals surface area contributed by atoms with Crippen molar-refractivity contribution in [3.63, 3.8) is 0 Å². The monoisotopic (exact) mass is 442 g/mol. The lowest BCUT2D eigenvalue weighted by molar-refractivity contribution is 0.0946. The van der Waals surface area contributed by atoms with Crippen molar-refractivity contribution in [3.8, 4) is 0 Å². The number of nitrogens with one attached hydrogen (secondary N) is 2. The minimum absolute atomic E-state index is 0.0128. The number of rotatable bonds is 6. The third-order valence-corrected chi connectivity index (χ3v) is 6.93. The van der Waals surface area contributed by atoms with Crippen LogP contribution in [0.15, 0.2) is 70.8 Å². The largest absolute Gasteiger partial charge is 0.350 e. The molecule has 30 heavy (non-hydrogen) atoms. The molecule has 0 fully saturated rings. The molecule has 2 heterocycles. The SMILES string of the molecule is Cn1cncc1CCNC(=O)c1[nH]c2ccc(Cl)cc2c1S(=O)(=O)c1ccccc1. The average Bonchev–Trinajstić information content (AvgIpc) is 3.32. The van der Waals surface area contributed by atoms with E-state index in [0.29, 0.717) is 28.9 Å². The lowest BCUT2D eigenvalue weighted by Crippen LogP contribution is -2.27. The number of H-pyrrole nitrogens is 1. The molecule has 9 heteroatoms. The van der Waals surface area contributed by atoms with Crippen molar-refractivity contribution in [2.24, 2.45) is 7.05 Å². The van der Waals surface area contributed by atoms with Gasteiger partial charge in [0.25, 0.3) is 5.91 Å². The Morgan fingerprint density at radius 2 is 1.97 bits per heavy atom. The summed E-state index contributed by atoms with van der Waals surface area (Å²) in [5.74, 6) is -0.501. The van der Waals surface area contributed by atoms with Crippen molar-refractivity contribution < 1.29 is 13.2 Å². The number of imidazole rings is 1. The number of halogens is 1. The molecule has 0 aliphatic heterocycles. The van der Waals surface area contributed by atoms with Crippen molar-refractivity contribution in [1.82, 2.24) is 19.9 Å². The Hall–Kier alpha value is -3.10. The van der Waals surface area contributed by atoms with Gasteiger partial charge in [-0.2, -0.15) is 0 Å². The minimum Gasteiger partial charge on any atom is -0.350 e. The van der Waals surface area contributed by atoms with Gasteiger partial charge in [-0.1, -0.05) is 29.8 Å². The number of amides is 1. The number of hydrogen-bond acceptors (Lipinski definition) is 4. The number of hydrogen-bond donors (Lipinski definition) is 2. The Morgan fingerprint density at radius 3 is 2.67 bits per heavy atom. The molecule has 0 unspecified atom stereocenters. The van der Waals surface area contributed by atoms with Gasteiger partial charge in [0.1, 0.15) is 10.6 Å². The second-order valence-corrected chi connectivity index (χ2v) is 9.16. The molecule has 0 spiro atoms. The van der Waals surface area contributed by atoms with Gasteiger partial charge in [-0.25, -0.2) is 13.4 Å². The fraction of sp³-hybridized carbons (Fsp3) is 0.143. The molecule has 2 aromatic heterocycles. The van der Waals surface area contributed by atoms with Gasteiger partial charge < -0.3 is 14.9 Å². The number of sulfone groups is 1. The second-order valence-electron chi connectivity index (χ2n) is 6.84. The number of nitrogens with zero attached hydrogens (tertiary/aromatic N) is 2. The smallest absolute Gasteiger partial charge is 0.269 e. The van der Waals surface area contributed by atoms with E-state index in [9.17, 15) is 13.2 Å². The predicted octanol–water partition coefficient (Wildman–Crippen LogP) is 3.36. The summed E-state index contributed by atoms with van der Waals surface area (Å²) in [6.07, 6.45) is 3.97. The Balaban J connectivity index is 1.73. The summed E-state index contributed by atoms with van der Waals surface area (Å²) in [7, 11) is -2.08. The van der Waals surface area contributed by atoms with E-state index >= 15 is 0 Å². The zero-order chi connectivity index (χ0) is 21.3. The summed E-state index contributed by atoms with van der Waals surface area (Å²) in [5.41, 5.74) is 1.46. The number of carbonyl (C=O) groups is 1. The van der Waals surface area contributed by atoms with Crippen molar-refractivity contribution >= 4 is 38.2 Å². The molecule has 0 aliphatic carbocycles. The number of carbonyl (C=O) groups excluding carboxylic acids is 1. The van der Waals surface area contributed by atoms with Crippen molar-refractivity contribution in [1.29, 1.82) is 0 Å². The quantitative estimate of drug-likeness (QED) is 0.478. The lowest BCUT2D eigenvalue weighted by atomic mass is 10.2. The van der Waals surface area contributed by atoms with E-state index in [0.717, 1.165) is 5.69 Å². The molecule has 0 atom stereocenters. The zero-order valence-corrected chi connectivity index (χ0v) is 17.7. The minimum atomic E-state index is -3.95. The lowest BCUT2D eigenvalue weighted by Gasteiger charge is -2.08. The van der Waals surface area contributed by atoms with Gasteiger partial charge in [0, 0.05) is 47.8 Å². The zero-order valence-electron chi connectivity index (χ0n) is 16.1. The standard InChI is InChI=1S/C21H19ClN4O3S/c1-26-13-23-12-15(26)9-10-24-21(27)19-20(17-11-14(22)7-8-18(17)25-19)30(28,29)16-5-3-2-4-6-16/h2-8,11-13,25H,9-10H2,1H3,(H,24,27). The molecular weight excluding hydrogens is 424 g/mol. The van der Waals surface area contributed by atoms with E-state index in [4.69, 9.17) is 11.6 Å². The Bertz CT molecular complexity index is 1330. The maximum atomic E-state index is 13.4. The van der Waals surface area contributed by atoms with Gasteiger partial charge in [0.2, 0.25) is 9.84 Å². The molecule has 1 amide bonds. The van der Waals surface area contributed by atoms with Crippen LogP contribution in [0.25, 0.3) is 10.9 Å². The van der Waals surface area contributed by atoms with Gasteiger partial charge in [0.05, 0.1) is 11.2 Å². The van der Waals surface area contributed by atoms with Crippen molar-refractivity contribution in [2.75, 3.05) is 6.54 Å². The van der Waals surface area contributed by atoms with E-state index in [1.54, 1.807) is 48.9 Å². The molecule has 0 saturated heterocycles. The highest BCUT2D eigenvalue weighted by Crippen LogP contribution is 2.33. The van der Waals surface area contributed by atoms with E-state index in [1.807, 2.05) is 11.6 Å². The first-order valence-electron chi connectivity index (χ1n) is 9.22. The van der Waals surface area contributed by atoms with Gasteiger partial charge in [-0.15, -0.1) is 0 Å². The summed E-state index contributed by atoms with van der Waals surface area (Å²) in [6.45, 7) is 0.333. The van der Waals surface area contributed by atoms with Gasteiger partial charge >= 0.3 is 0 Å². The summed E-state index contributed by atoms with van der Waals surface area (Å²) < 4.78 is 28.7. The van der Waals surface area contributed by atoms with Crippen molar-refractivity contribution in [3.05, 3.63) is 77.5 Å². The normalized spacial score (nSPS) is 11.7. The number of benzene rings is 2. The topological polar surface area (TPSA) is 96.8 Å². The van der Waals surface area contributed by atoms with Crippen LogP contribution in [-0.2, 0) is 23.3 Å². The summed E-state index contributed by atoms with van der Waals surface area (Å²) in [5, 5.41) is 3.56. The molecule has 4 rings (SSSR count). The predicted molar refractivity (Wildman–Crippen MR) is 114 cm³/mol. The molecule has 154 valence electrons. The molecule has 0 radical (unpaired) electrons. The van der Waals surface area contributed by atoms with Crippen LogP contribution in [0.4, 0.5) is 0 Å². The molecule has 2 N–H and O–H groups in total. The molecule has 0 saturated carbocycles. The van der Waals surface area contributed by atoms with Gasteiger partial charge in [-0.05, 0) is 30.3 Å². The first kappa shape index (κ1) is 20.2. The maximum Gasteiger partial charge on any atom is 0.269 e. The third-order valence-electron chi connectivity index (χ3n) is 4.85. The summed E-state index contributed by atoms with van der Waals surface area (Å²) >= 11 is 6.11. The summed E-state index contributed by atoms with van der Waals surface area (Å²) in [6, 6.07) is 12.9. The van der Waals surface area contributed by atoms with Crippen molar-refractivity contribution in [2.45, 2.75) is 16.2 Å². The van der Waals surface area contributed by atoms with Crippen LogP contribution in [0.5, 0.6) is 0 Å². The van der Waals surface area contributed by atoms with E-state index in [1.165, 1.54) is 12.1 Å². The molecule has 4 aromatic rings. The molecule has 0 aliphatic rings. The van der Waals surface area contributed by atoms with Crippen LogP contribution in [-0.4, -0.2) is 35.4 Å². The maximum absolute atomic E-state index is 13.4. The first-order chi connectivity index (χ1) is 14.4.